The highest BCUT2D eigenvalue weighted by molar-refractivity contribution is 5.89. The molecule has 132 valence electrons. The van der Waals surface area contributed by atoms with Crippen molar-refractivity contribution in [1.82, 2.24) is 5.32 Å². The van der Waals surface area contributed by atoms with Crippen LogP contribution in [0, 0.1) is 34.5 Å². The molecule has 3 fully saturated rings. The second kappa shape index (κ2) is 5.34. The van der Waals surface area contributed by atoms with Crippen LogP contribution in [-0.4, -0.2) is 17.9 Å². The molecule has 4 rings (SSSR count). The number of hydrogen-bond acceptors (Lipinski definition) is 2. The Hall–Kier alpha value is -1.32. The van der Waals surface area contributed by atoms with Gasteiger partial charge in [0.15, 0.2) is 0 Å². The summed E-state index contributed by atoms with van der Waals surface area (Å²) in [5.41, 5.74) is 5.89. The fraction of sp³-hybridized carbons (Fsp3) is 0.800. The monoisotopic (exact) mass is 330 g/mol. The molecular formula is C20H30N2O2. The minimum atomic E-state index is -0.141. The van der Waals surface area contributed by atoms with Crippen LogP contribution >= 0.6 is 0 Å². The number of carbonyl (C=O) groups is 2. The van der Waals surface area contributed by atoms with Gasteiger partial charge in [0.25, 0.3) is 0 Å². The maximum Gasteiger partial charge on any atom is 0.243 e. The van der Waals surface area contributed by atoms with Gasteiger partial charge in [-0.25, -0.2) is 0 Å². The fourth-order valence-corrected chi connectivity index (χ4v) is 7.02. The summed E-state index contributed by atoms with van der Waals surface area (Å²) < 4.78 is 0. The largest absolute Gasteiger partial charge is 0.370 e. The molecule has 1 heterocycles. The number of amides is 2. The average molecular weight is 330 g/mol. The summed E-state index contributed by atoms with van der Waals surface area (Å²) in [5, 5.41) is 3.21. The third kappa shape index (κ3) is 2.18. The predicted octanol–water partition coefficient (Wildman–Crippen LogP) is 2.78. The normalized spacial score (nSPS) is 49.8. The number of nitrogens with one attached hydrogen (secondary N) is 1. The van der Waals surface area contributed by atoms with Gasteiger partial charge >= 0.3 is 0 Å². The number of nitrogens with two attached hydrogens (primary N) is 1. The number of fused-ring (bicyclic) bond motifs is 5. The first-order chi connectivity index (χ1) is 11.3. The molecule has 4 nitrogen and oxygen atoms in total. The highest BCUT2D eigenvalue weighted by Crippen LogP contribution is 2.65. The van der Waals surface area contributed by atoms with Gasteiger partial charge in [-0.1, -0.05) is 19.9 Å². The molecule has 3 N–H and O–H groups in total. The van der Waals surface area contributed by atoms with Gasteiger partial charge in [-0.05, 0) is 73.7 Å². The van der Waals surface area contributed by atoms with Crippen LogP contribution in [0.3, 0.4) is 0 Å². The maximum absolute atomic E-state index is 11.8. The summed E-state index contributed by atoms with van der Waals surface area (Å²) in [6.07, 6.45) is 11.6. The van der Waals surface area contributed by atoms with Gasteiger partial charge in [-0.15, -0.1) is 0 Å². The lowest BCUT2D eigenvalue weighted by atomic mass is 9.48. The van der Waals surface area contributed by atoms with E-state index in [0.717, 1.165) is 18.8 Å². The van der Waals surface area contributed by atoms with E-state index in [4.69, 9.17) is 5.73 Å². The second-order valence-electron chi connectivity index (χ2n) is 9.20. The van der Waals surface area contributed by atoms with Crippen molar-refractivity contribution >= 4 is 11.8 Å². The van der Waals surface area contributed by atoms with Crippen LogP contribution < -0.4 is 11.1 Å². The maximum atomic E-state index is 11.8. The Morgan fingerprint density at radius 2 is 2.00 bits per heavy atom. The smallest absolute Gasteiger partial charge is 0.243 e. The summed E-state index contributed by atoms with van der Waals surface area (Å²) >= 11 is 0. The Kier molecular flexibility index (Phi) is 3.59. The van der Waals surface area contributed by atoms with E-state index in [1.165, 1.54) is 25.7 Å². The Labute approximate surface area is 144 Å². The van der Waals surface area contributed by atoms with E-state index in [1.54, 1.807) is 6.08 Å². The van der Waals surface area contributed by atoms with E-state index >= 15 is 0 Å². The number of carbonyl (C=O) groups excluding carboxylic acids is 2. The molecule has 0 spiro atoms. The summed E-state index contributed by atoms with van der Waals surface area (Å²) in [7, 11) is 0. The van der Waals surface area contributed by atoms with Crippen LogP contribution in [0.5, 0.6) is 0 Å². The van der Waals surface area contributed by atoms with Gasteiger partial charge in [0.2, 0.25) is 11.8 Å². The molecule has 3 saturated carbocycles. The Balaban J connectivity index is 1.62. The minimum absolute atomic E-state index is 0.0685. The van der Waals surface area contributed by atoms with Crippen LogP contribution in [0.1, 0.15) is 58.8 Å². The lowest BCUT2D eigenvalue weighted by molar-refractivity contribution is -0.123. The zero-order chi connectivity index (χ0) is 17.1. The first-order valence-corrected chi connectivity index (χ1v) is 9.62. The molecule has 2 amide bonds. The van der Waals surface area contributed by atoms with Crippen molar-refractivity contribution in [3.8, 4) is 0 Å². The lowest BCUT2D eigenvalue weighted by Gasteiger charge is -2.59. The van der Waals surface area contributed by atoms with Crippen molar-refractivity contribution in [2.75, 3.05) is 0 Å². The highest BCUT2D eigenvalue weighted by Gasteiger charge is 2.59. The van der Waals surface area contributed by atoms with E-state index in [0.29, 0.717) is 30.2 Å². The zero-order valence-corrected chi connectivity index (χ0v) is 14.9. The summed E-state index contributed by atoms with van der Waals surface area (Å²) in [5.74, 6) is 2.48. The molecule has 4 heteroatoms. The molecule has 3 aliphatic carbocycles. The molecule has 7 atom stereocenters. The molecule has 1 aliphatic heterocycles. The van der Waals surface area contributed by atoms with Crippen LogP contribution in [0.15, 0.2) is 12.2 Å². The Bertz CT molecular complexity index is 600. The van der Waals surface area contributed by atoms with Gasteiger partial charge < -0.3 is 11.1 Å². The third-order valence-corrected chi connectivity index (χ3v) is 8.33. The van der Waals surface area contributed by atoms with Crippen LogP contribution in [0.25, 0.3) is 0 Å². The molecule has 0 radical (unpaired) electrons. The van der Waals surface area contributed by atoms with E-state index in [2.05, 4.69) is 25.2 Å². The van der Waals surface area contributed by atoms with Gasteiger partial charge in [-0.2, -0.15) is 0 Å². The van der Waals surface area contributed by atoms with E-state index in [1.807, 2.05) is 0 Å². The van der Waals surface area contributed by atoms with Crippen LogP contribution in [0.2, 0.25) is 0 Å². The number of primary amides is 1. The fourth-order valence-electron chi connectivity index (χ4n) is 7.02. The topological polar surface area (TPSA) is 72.2 Å². The summed E-state index contributed by atoms with van der Waals surface area (Å²) in [6, 6.07) is 0.295. The van der Waals surface area contributed by atoms with Crippen LogP contribution in [-0.2, 0) is 9.59 Å². The molecule has 0 aromatic rings. The van der Waals surface area contributed by atoms with Crippen molar-refractivity contribution in [1.29, 1.82) is 0 Å². The molecule has 0 aromatic heterocycles. The Morgan fingerprint density at radius 3 is 2.75 bits per heavy atom. The quantitative estimate of drug-likeness (QED) is 0.817. The Morgan fingerprint density at radius 1 is 1.21 bits per heavy atom. The van der Waals surface area contributed by atoms with Gasteiger partial charge in [0.05, 0.1) is 0 Å². The molecule has 1 unspecified atom stereocenters. The molecular weight excluding hydrogens is 300 g/mol. The SMILES string of the molecule is C[C@]12C=CC(=O)N[C@@H]1CC[C@@H]1[C@@H]2CC[C@]2(C)C(CC(N)=O)CC[C@@H]12. The predicted molar refractivity (Wildman–Crippen MR) is 92.8 cm³/mol. The molecule has 24 heavy (non-hydrogen) atoms. The highest BCUT2D eigenvalue weighted by atomic mass is 16.1. The van der Waals surface area contributed by atoms with Crippen molar-refractivity contribution in [3.63, 3.8) is 0 Å². The zero-order valence-electron chi connectivity index (χ0n) is 14.9. The van der Waals surface area contributed by atoms with Crippen LogP contribution in [0.4, 0.5) is 0 Å². The van der Waals surface area contributed by atoms with E-state index in [9.17, 15) is 9.59 Å². The molecule has 4 aliphatic rings. The van der Waals surface area contributed by atoms with E-state index < -0.39 is 0 Å². The first-order valence-electron chi connectivity index (χ1n) is 9.62. The van der Waals surface area contributed by atoms with Gasteiger partial charge in [0, 0.05) is 17.9 Å². The second-order valence-corrected chi connectivity index (χ2v) is 9.20. The van der Waals surface area contributed by atoms with Crippen molar-refractivity contribution in [2.45, 2.75) is 64.8 Å². The molecule has 0 bridgehead atoms. The van der Waals surface area contributed by atoms with Gasteiger partial charge in [-0.3, -0.25) is 9.59 Å². The molecule has 0 saturated heterocycles. The summed E-state index contributed by atoms with van der Waals surface area (Å²) in [4.78, 5) is 23.3. The third-order valence-electron chi connectivity index (χ3n) is 8.33. The van der Waals surface area contributed by atoms with Crippen molar-refractivity contribution in [2.24, 2.45) is 40.2 Å². The standard InChI is InChI=1S/C20H30N2O2/c1-19-9-7-15-13(14(19)5-3-12(19)11-17(21)23)4-6-16-20(15,2)10-8-18(24)22-16/h8,10,12-16H,3-7,9,11H2,1-2H3,(H2,21,23)(H,22,24)/t12?,13-,14-,15-,16+,19+,20+/m0/s1. The van der Waals surface area contributed by atoms with Crippen molar-refractivity contribution in [3.05, 3.63) is 12.2 Å². The number of hydrogen-bond donors (Lipinski definition) is 2. The minimum Gasteiger partial charge on any atom is -0.370 e. The number of rotatable bonds is 2. The average Bonchev–Trinajstić information content (AvgIpc) is 2.84. The van der Waals surface area contributed by atoms with Gasteiger partial charge in [0.1, 0.15) is 0 Å². The summed E-state index contributed by atoms with van der Waals surface area (Å²) in [6.45, 7) is 4.77. The molecule has 0 aromatic carbocycles. The van der Waals surface area contributed by atoms with Crippen molar-refractivity contribution < 1.29 is 9.59 Å². The lowest BCUT2D eigenvalue weighted by Crippen LogP contribution is -2.59. The first kappa shape index (κ1) is 16.2. The van der Waals surface area contributed by atoms with E-state index in [-0.39, 0.29) is 22.6 Å².